The van der Waals surface area contributed by atoms with Crippen molar-refractivity contribution in [3.63, 3.8) is 0 Å². The third-order valence-electron chi connectivity index (χ3n) is 5.23. The molecule has 3 nitrogen and oxygen atoms in total. The predicted octanol–water partition coefficient (Wildman–Crippen LogP) is 4.42. The Hall–Kier alpha value is -2.36. The second-order valence-corrected chi connectivity index (χ2v) is 6.75. The highest BCUT2D eigenvalue weighted by Crippen LogP contribution is 2.59. The van der Waals surface area contributed by atoms with Gasteiger partial charge in [0.2, 0.25) is 0 Å². The molecule has 0 amide bonds. The van der Waals surface area contributed by atoms with Crippen LogP contribution in [0.5, 0.6) is 0 Å². The van der Waals surface area contributed by atoms with E-state index in [1.54, 1.807) is 18.2 Å². The molecule has 0 bridgehead atoms. The maximum atomic E-state index is 13.7. The van der Waals surface area contributed by atoms with Crippen LogP contribution >= 0.6 is 0 Å². The van der Waals surface area contributed by atoms with Gasteiger partial charge in [0.15, 0.2) is 0 Å². The number of hydrogen-bond donors (Lipinski definition) is 2. The van der Waals surface area contributed by atoms with Crippen LogP contribution in [0.4, 0.5) is 10.1 Å². The number of carbonyl (C=O) groups is 1. The fourth-order valence-electron chi connectivity index (χ4n) is 3.78. The summed E-state index contributed by atoms with van der Waals surface area (Å²) in [4.78, 5) is 11.2. The average Bonchev–Trinajstić information content (AvgIpc) is 3.29. The molecule has 118 valence electrons. The molecule has 1 heterocycles. The quantitative estimate of drug-likeness (QED) is 0.863. The van der Waals surface area contributed by atoms with E-state index in [0.29, 0.717) is 5.56 Å². The smallest absolute Gasteiger partial charge is 0.335 e. The molecular weight excluding hydrogens is 293 g/mol. The van der Waals surface area contributed by atoms with Crippen LogP contribution in [0.1, 0.15) is 52.4 Å². The highest BCUT2D eigenvalue weighted by molar-refractivity contribution is 5.89. The molecule has 2 aliphatic rings. The molecule has 1 aliphatic heterocycles. The summed E-state index contributed by atoms with van der Waals surface area (Å²) < 4.78 is 13.7. The molecule has 1 spiro atoms. The number of aryl methyl sites for hydroxylation is 1. The Morgan fingerprint density at radius 1 is 1.26 bits per heavy atom. The first-order valence-corrected chi connectivity index (χ1v) is 7.89. The number of rotatable bonds is 2. The van der Waals surface area contributed by atoms with E-state index in [2.05, 4.69) is 5.32 Å². The summed E-state index contributed by atoms with van der Waals surface area (Å²) >= 11 is 0. The van der Waals surface area contributed by atoms with Gasteiger partial charge < -0.3 is 10.4 Å². The van der Waals surface area contributed by atoms with E-state index in [4.69, 9.17) is 0 Å². The Kier molecular flexibility index (Phi) is 2.98. The topological polar surface area (TPSA) is 49.3 Å². The number of fused-ring (bicyclic) bond motifs is 2. The van der Waals surface area contributed by atoms with Crippen molar-refractivity contribution in [1.29, 1.82) is 0 Å². The number of carboxylic acids is 1. The first-order valence-electron chi connectivity index (χ1n) is 7.89. The Morgan fingerprint density at radius 3 is 2.74 bits per heavy atom. The van der Waals surface area contributed by atoms with E-state index in [0.717, 1.165) is 41.6 Å². The zero-order valence-electron chi connectivity index (χ0n) is 12.9. The molecule has 1 atom stereocenters. The van der Waals surface area contributed by atoms with E-state index in [1.165, 1.54) is 6.07 Å². The molecule has 0 aromatic heterocycles. The van der Waals surface area contributed by atoms with Crippen LogP contribution in [0.25, 0.3) is 0 Å². The van der Waals surface area contributed by atoms with Gasteiger partial charge in [-0.3, -0.25) is 0 Å². The molecule has 1 fully saturated rings. The largest absolute Gasteiger partial charge is 0.478 e. The van der Waals surface area contributed by atoms with Gasteiger partial charge in [0.25, 0.3) is 0 Å². The molecular formula is C19H18FNO2. The van der Waals surface area contributed by atoms with E-state index in [9.17, 15) is 14.3 Å². The summed E-state index contributed by atoms with van der Waals surface area (Å²) in [5.74, 6) is -1.11. The predicted molar refractivity (Wildman–Crippen MR) is 86.4 cm³/mol. The minimum atomic E-state index is -0.897. The molecule has 1 saturated carbocycles. The highest BCUT2D eigenvalue weighted by atomic mass is 19.1. The van der Waals surface area contributed by atoms with Crippen molar-refractivity contribution in [1.82, 2.24) is 0 Å². The summed E-state index contributed by atoms with van der Waals surface area (Å²) in [5, 5.41) is 12.7. The van der Waals surface area contributed by atoms with Crippen molar-refractivity contribution in [2.75, 3.05) is 5.32 Å². The van der Waals surface area contributed by atoms with E-state index in [-0.39, 0.29) is 17.3 Å². The second kappa shape index (κ2) is 4.82. The van der Waals surface area contributed by atoms with Crippen LogP contribution < -0.4 is 5.32 Å². The zero-order valence-corrected chi connectivity index (χ0v) is 12.9. The highest BCUT2D eigenvalue weighted by Gasteiger charge is 2.50. The lowest BCUT2D eigenvalue weighted by atomic mass is 9.80. The number of halogens is 1. The second-order valence-electron chi connectivity index (χ2n) is 6.75. The van der Waals surface area contributed by atoms with Crippen LogP contribution in [-0.4, -0.2) is 11.1 Å². The van der Waals surface area contributed by atoms with Gasteiger partial charge in [-0.05, 0) is 78.6 Å². The van der Waals surface area contributed by atoms with Gasteiger partial charge in [0, 0.05) is 5.69 Å². The summed E-state index contributed by atoms with van der Waals surface area (Å²) in [6, 6.07) is 10.3. The number of benzene rings is 2. The fourth-order valence-corrected chi connectivity index (χ4v) is 3.78. The lowest BCUT2D eigenvalue weighted by Gasteiger charge is -2.34. The molecule has 23 heavy (non-hydrogen) atoms. The minimum Gasteiger partial charge on any atom is -0.478 e. The average molecular weight is 311 g/mol. The molecule has 1 unspecified atom stereocenters. The normalized spacial score (nSPS) is 20.7. The first-order chi connectivity index (χ1) is 11.0. The number of nitrogens with one attached hydrogen (secondary N) is 1. The standard InChI is InChI=1S/C19H18FNO2/c1-11-2-4-13(20)9-14(11)17-10-19(6-7-19)15-8-12(18(22)23)3-5-16(15)21-17/h2-5,8-9,17,21H,6-7,10H2,1H3,(H,22,23). The number of aromatic carboxylic acids is 1. The third-order valence-corrected chi connectivity index (χ3v) is 5.23. The van der Waals surface area contributed by atoms with Crippen molar-refractivity contribution < 1.29 is 14.3 Å². The third kappa shape index (κ3) is 2.29. The van der Waals surface area contributed by atoms with Gasteiger partial charge in [-0.1, -0.05) is 6.07 Å². The molecule has 0 radical (unpaired) electrons. The fraction of sp³-hybridized carbons (Fsp3) is 0.316. The molecule has 0 saturated heterocycles. The summed E-state index contributed by atoms with van der Waals surface area (Å²) in [6.07, 6.45) is 3.01. The molecule has 4 heteroatoms. The Bertz CT molecular complexity index is 811. The van der Waals surface area contributed by atoms with Crippen molar-refractivity contribution >= 4 is 11.7 Å². The van der Waals surface area contributed by atoms with Gasteiger partial charge in [-0.25, -0.2) is 9.18 Å². The maximum absolute atomic E-state index is 13.7. The zero-order chi connectivity index (χ0) is 16.2. The molecule has 2 N–H and O–H groups in total. The maximum Gasteiger partial charge on any atom is 0.335 e. The summed E-state index contributed by atoms with van der Waals surface area (Å²) in [5.41, 5.74) is 4.53. The minimum absolute atomic E-state index is 0.0511. The summed E-state index contributed by atoms with van der Waals surface area (Å²) in [7, 11) is 0. The van der Waals surface area contributed by atoms with Crippen LogP contribution in [0.15, 0.2) is 36.4 Å². The Morgan fingerprint density at radius 2 is 2.04 bits per heavy atom. The number of hydrogen-bond acceptors (Lipinski definition) is 2. The SMILES string of the molecule is Cc1ccc(F)cc1C1CC2(CC2)c2cc(C(=O)O)ccc2N1. The van der Waals surface area contributed by atoms with Crippen LogP contribution in [0.3, 0.4) is 0 Å². The lowest BCUT2D eigenvalue weighted by molar-refractivity contribution is 0.0696. The Balaban J connectivity index is 1.76. The van der Waals surface area contributed by atoms with Gasteiger partial charge in [-0.2, -0.15) is 0 Å². The van der Waals surface area contributed by atoms with Gasteiger partial charge in [0.1, 0.15) is 5.82 Å². The van der Waals surface area contributed by atoms with E-state index < -0.39 is 5.97 Å². The lowest BCUT2D eigenvalue weighted by Crippen LogP contribution is -2.27. The van der Waals surface area contributed by atoms with Crippen LogP contribution in [0.2, 0.25) is 0 Å². The molecule has 2 aromatic carbocycles. The summed E-state index contributed by atoms with van der Waals surface area (Å²) in [6.45, 7) is 2.00. The molecule has 2 aromatic rings. The monoisotopic (exact) mass is 311 g/mol. The van der Waals surface area contributed by atoms with Crippen molar-refractivity contribution in [2.24, 2.45) is 0 Å². The van der Waals surface area contributed by atoms with Crippen LogP contribution in [-0.2, 0) is 5.41 Å². The van der Waals surface area contributed by atoms with Gasteiger partial charge >= 0.3 is 5.97 Å². The number of carboxylic acid groups (broad SMARTS) is 1. The van der Waals surface area contributed by atoms with Crippen molar-refractivity contribution in [3.05, 3.63) is 64.5 Å². The molecule has 1 aliphatic carbocycles. The van der Waals surface area contributed by atoms with Crippen molar-refractivity contribution in [3.8, 4) is 0 Å². The number of anilines is 1. The van der Waals surface area contributed by atoms with Gasteiger partial charge in [0.05, 0.1) is 11.6 Å². The molecule has 4 rings (SSSR count). The Labute approximate surface area is 134 Å². The van der Waals surface area contributed by atoms with Crippen molar-refractivity contribution in [2.45, 2.75) is 37.6 Å². The van der Waals surface area contributed by atoms with Crippen LogP contribution in [0, 0.1) is 12.7 Å². The first kappa shape index (κ1) is 14.2. The van der Waals surface area contributed by atoms with E-state index in [1.807, 2.05) is 19.1 Å². The van der Waals surface area contributed by atoms with Gasteiger partial charge in [-0.15, -0.1) is 0 Å². The van der Waals surface area contributed by atoms with E-state index >= 15 is 0 Å².